The highest BCUT2D eigenvalue weighted by atomic mass is 16.5. The zero-order chi connectivity index (χ0) is 23.2. The number of hydrogen-bond acceptors (Lipinski definition) is 6. The van der Waals surface area contributed by atoms with Crippen molar-refractivity contribution >= 4 is 5.91 Å². The number of nitrogens with one attached hydrogen (secondary N) is 1. The van der Waals surface area contributed by atoms with Gasteiger partial charge >= 0.3 is 0 Å². The van der Waals surface area contributed by atoms with E-state index >= 15 is 0 Å². The van der Waals surface area contributed by atoms with Gasteiger partial charge in [0.05, 0.1) is 20.3 Å². The number of methoxy groups -OCH3 is 1. The molecule has 1 aromatic heterocycles. The van der Waals surface area contributed by atoms with E-state index in [9.17, 15) is 9.59 Å². The van der Waals surface area contributed by atoms with Gasteiger partial charge in [0.1, 0.15) is 18.5 Å². The fourth-order valence-corrected chi connectivity index (χ4v) is 3.62. The van der Waals surface area contributed by atoms with Crippen molar-refractivity contribution in [1.82, 2.24) is 9.58 Å². The van der Waals surface area contributed by atoms with Crippen LogP contribution in [-0.4, -0.2) is 42.4 Å². The number of benzene rings is 2. The van der Waals surface area contributed by atoms with Crippen LogP contribution in [0.5, 0.6) is 11.5 Å². The zero-order valence-electron chi connectivity index (χ0n) is 18.7. The van der Waals surface area contributed by atoms with Crippen molar-refractivity contribution in [1.29, 1.82) is 0 Å². The van der Waals surface area contributed by atoms with Crippen LogP contribution in [0, 0.1) is 0 Å². The third kappa shape index (κ3) is 5.18. The Morgan fingerprint density at radius 3 is 2.39 bits per heavy atom. The van der Waals surface area contributed by atoms with Crippen LogP contribution in [-0.2, 0) is 18.0 Å². The van der Waals surface area contributed by atoms with Gasteiger partial charge in [-0.3, -0.25) is 14.3 Å². The van der Waals surface area contributed by atoms with Gasteiger partial charge in [-0.15, -0.1) is 0 Å². The van der Waals surface area contributed by atoms with Crippen LogP contribution in [0.3, 0.4) is 0 Å². The molecule has 2 heterocycles. The maximum atomic E-state index is 13.1. The fourth-order valence-electron chi connectivity index (χ4n) is 3.62. The number of pyridine rings is 1. The molecule has 8 nitrogen and oxygen atoms in total. The van der Waals surface area contributed by atoms with Gasteiger partial charge in [-0.05, 0) is 23.3 Å². The number of amides is 1. The molecule has 2 aromatic carbocycles. The van der Waals surface area contributed by atoms with Gasteiger partial charge < -0.3 is 24.5 Å². The van der Waals surface area contributed by atoms with E-state index in [0.29, 0.717) is 19.6 Å². The standard InChI is InChI=1S/C25H27N3O5/c1-27-22(13-15-32-16-19-8-10-20(31-2)11-9-19)26-28-14-12-21(29)24(23(28)25(27)30)33-17-18-6-4-3-5-7-18/h3-12,14,22,26H,13,15-17H2,1-2H3. The van der Waals surface area contributed by atoms with Gasteiger partial charge in [0, 0.05) is 25.7 Å². The second-order valence-electron chi connectivity index (χ2n) is 7.75. The third-order valence-electron chi connectivity index (χ3n) is 5.52. The summed E-state index contributed by atoms with van der Waals surface area (Å²) in [4.78, 5) is 27.2. The number of fused-ring (bicyclic) bond motifs is 1. The first-order chi connectivity index (χ1) is 16.1. The van der Waals surface area contributed by atoms with E-state index in [1.165, 1.54) is 6.07 Å². The van der Waals surface area contributed by atoms with Crippen LogP contribution in [0.4, 0.5) is 0 Å². The summed E-state index contributed by atoms with van der Waals surface area (Å²) in [6.45, 7) is 1.12. The first kappa shape index (κ1) is 22.4. The van der Waals surface area contributed by atoms with Gasteiger partial charge in [-0.25, -0.2) is 0 Å². The summed E-state index contributed by atoms with van der Waals surface area (Å²) in [5.41, 5.74) is 5.08. The van der Waals surface area contributed by atoms with Crippen LogP contribution in [0.15, 0.2) is 71.7 Å². The maximum Gasteiger partial charge on any atom is 0.277 e. The van der Waals surface area contributed by atoms with Crippen molar-refractivity contribution in [3.8, 4) is 11.5 Å². The Balaban J connectivity index is 1.39. The predicted octanol–water partition coefficient (Wildman–Crippen LogP) is 3.00. The molecule has 0 fully saturated rings. The van der Waals surface area contributed by atoms with Crippen LogP contribution >= 0.6 is 0 Å². The maximum absolute atomic E-state index is 13.1. The van der Waals surface area contributed by atoms with Crippen molar-refractivity contribution in [3.05, 3.63) is 93.9 Å². The average Bonchev–Trinajstić information content (AvgIpc) is 2.85. The highest BCUT2D eigenvalue weighted by molar-refractivity contribution is 5.96. The number of hydrogen-bond donors (Lipinski definition) is 1. The molecular formula is C25H27N3O5. The minimum atomic E-state index is -0.331. The summed E-state index contributed by atoms with van der Waals surface area (Å²) in [5.74, 6) is 0.559. The first-order valence-electron chi connectivity index (χ1n) is 10.7. The van der Waals surface area contributed by atoms with E-state index in [2.05, 4.69) is 5.43 Å². The molecule has 1 aliphatic heterocycles. The number of rotatable bonds is 9. The van der Waals surface area contributed by atoms with Gasteiger partial charge in [-0.1, -0.05) is 42.5 Å². The Morgan fingerprint density at radius 1 is 0.939 bits per heavy atom. The zero-order valence-corrected chi connectivity index (χ0v) is 18.7. The lowest BCUT2D eigenvalue weighted by molar-refractivity contribution is 0.0600. The van der Waals surface area contributed by atoms with E-state index in [1.807, 2.05) is 54.6 Å². The predicted molar refractivity (Wildman–Crippen MR) is 124 cm³/mol. The van der Waals surface area contributed by atoms with Crippen molar-refractivity contribution < 1.29 is 19.0 Å². The van der Waals surface area contributed by atoms with E-state index in [-0.39, 0.29) is 35.6 Å². The van der Waals surface area contributed by atoms with E-state index in [1.54, 1.807) is 29.9 Å². The molecule has 1 amide bonds. The lowest BCUT2D eigenvalue weighted by atomic mass is 10.2. The largest absolute Gasteiger partial charge is 0.497 e. The Bertz CT molecular complexity index is 1140. The Hall–Kier alpha value is -3.78. The van der Waals surface area contributed by atoms with Crippen molar-refractivity contribution in [3.63, 3.8) is 0 Å². The van der Waals surface area contributed by atoms with Crippen molar-refractivity contribution in [2.75, 3.05) is 26.2 Å². The summed E-state index contributed by atoms with van der Waals surface area (Å²) < 4.78 is 18.3. The van der Waals surface area contributed by atoms with Crippen LogP contribution in [0.25, 0.3) is 0 Å². The molecule has 0 bridgehead atoms. The van der Waals surface area contributed by atoms with E-state index in [4.69, 9.17) is 14.2 Å². The monoisotopic (exact) mass is 449 g/mol. The van der Waals surface area contributed by atoms with Crippen LogP contribution in [0.1, 0.15) is 28.0 Å². The van der Waals surface area contributed by atoms with Gasteiger partial charge in [0.25, 0.3) is 5.91 Å². The van der Waals surface area contributed by atoms with Gasteiger partial charge in [0.2, 0.25) is 5.43 Å². The second-order valence-corrected chi connectivity index (χ2v) is 7.75. The molecule has 33 heavy (non-hydrogen) atoms. The fraction of sp³-hybridized carbons (Fsp3) is 0.280. The van der Waals surface area contributed by atoms with E-state index in [0.717, 1.165) is 16.9 Å². The smallest absolute Gasteiger partial charge is 0.277 e. The topological polar surface area (TPSA) is 82.0 Å². The molecule has 1 N–H and O–H groups in total. The number of aromatic nitrogens is 1. The Labute approximate surface area is 192 Å². The lowest BCUT2D eigenvalue weighted by Gasteiger charge is -2.36. The van der Waals surface area contributed by atoms with E-state index < -0.39 is 0 Å². The SMILES string of the molecule is COc1ccc(COCCC2Nn3ccc(=O)c(OCc4ccccc4)c3C(=O)N2C)cc1. The number of carbonyl (C=O) groups is 1. The Kier molecular flexibility index (Phi) is 6.95. The molecule has 1 aliphatic rings. The quantitative estimate of drug-likeness (QED) is 0.506. The third-order valence-corrected chi connectivity index (χ3v) is 5.52. The molecule has 0 aliphatic carbocycles. The molecule has 3 aromatic rings. The molecule has 0 saturated carbocycles. The van der Waals surface area contributed by atoms with Crippen LogP contribution < -0.4 is 20.3 Å². The molecule has 1 unspecified atom stereocenters. The van der Waals surface area contributed by atoms with Crippen molar-refractivity contribution in [2.24, 2.45) is 0 Å². The minimum Gasteiger partial charge on any atom is -0.497 e. The molecule has 0 spiro atoms. The molecule has 0 radical (unpaired) electrons. The Morgan fingerprint density at radius 2 is 1.67 bits per heavy atom. The first-order valence-corrected chi connectivity index (χ1v) is 10.7. The molecular weight excluding hydrogens is 422 g/mol. The molecule has 8 heteroatoms. The minimum absolute atomic E-state index is 0.0416. The van der Waals surface area contributed by atoms with Crippen molar-refractivity contribution in [2.45, 2.75) is 25.8 Å². The summed E-state index contributed by atoms with van der Waals surface area (Å²) in [7, 11) is 3.33. The molecule has 1 atom stereocenters. The number of nitrogens with zero attached hydrogens (tertiary/aromatic N) is 2. The number of carbonyl (C=O) groups excluding carboxylic acids is 1. The summed E-state index contributed by atoms with van der Waals surface area (Å²) in [5, 5.41) is 0. The molecule has 0 saturated heterocycles. The van der Waals surface area contributed by atoms with Gasteiger partial charge in [0.15, 0.2) is 11.4 Å². The number of ether oxygens (including phenoxy) is 3. The summed E-state index contributed by atoms with van der Waals surface area (Å²) >= 11 is 0. The van der Waals surface area contributed by atoms with Crippen LogP contribution in [0.2, 0.25) is 0 Å². The highest BCUT2D eigenvalue weighted by Gasteiger charge is 2.32. The van der Waals surface area contributed by atoms with Gasteiger partial charge in [-0.2, -0.15) is 0 Å². The highest BCUT2D eigenvalue weighted by Crippen LogP contribution is 2.22. The summed E-state index contributed by atoms with van der Waals surface area (Å²) in [6, 6.07) is 18.6. The summed E-state index contributed by atoms with van der Waals surface area (Å²) in [6.07, 6.45) is 1.85. The average molecular weight is 450 g/mol. The molecule has 172 valence electrons. The lowest BCUT2D eigenvalue weighted by Crippen LogP contribution is -2.52. The normalized spacial score (nSPS) is 15.0. The second kappa shape index (κ2) is 10.2. The molecule has 4 rings (SSSR count).